The van der Waals surface area contributed by atoms with E-state index in [0.717, 1.165) is 22.3 Å². The number of hydrogen-bond acceptors (Lipinski definition) is 4. The Bertz CT molecular complexity index is 1430. The Morgan fingerprint density at radius 2 is 1.66 bits per heavy atom. The Kier molecular flexibility index (Phi) is 7.44. The molecule has 1 aliphatic rings. The number of ether oxygens (including phenoxy) is 1. The Morgan fingerprint density at radius 3 is 2.24 bits per heavy atom. The van der Waals surface area contributed by atoms with Crippen LogP contribution in [0, 0.1) is 6.92 Å². The third-order valence-electron chi connectivity index (χ3n) is 7.09. The van der Waals surface area contributed by atoms with Crippen molar-refractivity contribution in [2.75, 3.05) is 12.0 Å². The van der Waals surface area contributed by atoms with Gasteiger partial charge in [-0.1, -0.05) is 76.6 Å². The average molecular weight is 532 g/mol. The van der Waals surface area contributed by atoms with Crippen LogP contribution in [0.1, 0.15) is 74.4 Å². The van der Waals surface area contributed by atoms with Crippen LogP contribution in [0.25, 0.3) is 5.76 Å². The number of carbonyl (C=O) groups excluding carboxylic acids is 2. The fourth-order valence-electron chi connectivity index (χ4n) is 4.89. The zero-order chi connectivity index (χ0) is 27.9. The summed E-state index contributed by atoms with van der Waals surface area (Å²) in [5.41, 5.74) is 4.47. The minimum absolute atomic E-state index is 0.0396. The third kappa shape index (κ3) is 4.95. The van der Waals surface area contributed by atoms with Crippen LogP contribution in [0.15, 0.2) is 66.2 Å². The zero-order valence-corrected chi connectivity index (χ0v) is 23.7. The van der Waals surface area contributed by atoms with Gasteiger partial charge in [0.15, 0.2) is 0 Å². The average Bonchev–Trinajstić information content (AvgIpc) is 3.14. The third-order valence-corrected chi connectivity index (χ3v) is 7.33. The van der Waals surface area contributed by atoms with E-state index in [4.69, 9.17) is 16.3 Å². The Balaban J connectivity index is 1.97. The van der Waals surface area contributed by atoms with Gasteiger partial charge in [0.2, 0.25) is 0 Å². The second-order valence-corrected chi connectivity index (χ2v) is 11.5. The number of aliphatic hydroxyl groups excluding tert-OH is 1. The lowest BCUT2D eigenvalue weighted by atomic mass is 9.85. The highest BCUT2D eigenvalue weighted by Crippen LogP contribution is 2.44. The highest BCUT2D eigenvalue weighted by molar-refractivity contribution is 6.52. The van der Waals surface area contributed by atoms with Gasteiger partial charge in [0.05, 0.1) is 18.7 Å². The number of carbonyl (C=O) groups is 2. The lowest BCUT2D eigenvalue weighted by Gasteiger charge is -2.28. The molecule has 1 fully saturated rings. The highest BCUT2D eigenvalue weighted by atomic mass is 35.5. The summed E-state index contributed by atoms with van der Waals surface area (Å²) < 4.78 is 5.49. The Labute approximate surface area is 229 Å². The van der Waals surface area contributed by atoms with Gasteiger partial charge >= 0.3 is 0 Å². The van der Waals surface area contributed by atoms with Crippen LogP contribution in [-0.2, 0) is 15.0 Å². The molecule has 0 aromatic heterocycles. The smallest absolute Gasteiger partial charge is 0.300 e. The second kappa shape index (κ2) is 10.3. The number of methoxy groups -OCH3 is 1. The number of Topliss-reactive ketones (excluding diaryl/α,β-unsaturated/α-hetero) is 1. The minimum Gasteiger partial charge on any atom is -0.507 e. The van der Waals surface area contributed by atoms with Gasteiger partial charge < -0.3 is 9.84 Å². The minimum atomic E-state index is -0.828. The summed E-state index contributed by atoms with van der Waals surface area (Å²) in [6.07, 6.45) is 0. The lowest BCUT2D eigenvalue weighted by molar-refractivity contribution is -0.132. The first-order chi connectivity index (χ1) is 17.8. The number of hydrogen-bond donors (Lipinski definition) is 1. The quantitative estimate of drug-likeness (QED) is 0.208. The molecule has 0 aliphatic carbocycles. The van der Waals surface area contributed by atoms with E-state index in [-0.39, 0.29) is 22.7 Å². The Morgan fingerprint density at radius 1 is 1.00 bits per heavy atom. The van der Waals surface area contributed by atoms with Crippen molar-refractivity contribution in [1.29, 1.82) is 0 Å². The molecule has 0 spiro atoms. The van der Waals surface area contributed by atoms with Gasteiger partial charge in [-0.15, -0.1) is 0 Å². The molecule has 0 radical (unpaired) electrons. The van der Waals surface area contributed by atoms with Gasteiger partial charge in [0, 0.05) is 16.3 Å². The van der Waals surface area contributed by atoms with Crippen molar-refractivity contribution in [1.82, 2.24) is 0 Å². The molecule has 1 aliphatic heterocycles. The monoisotopic (exact) mass is 531 g/mol. The highest BCUT2D eigenvalue weighted by Gasteiger charge is 2.47. The largest absolute Gasteiger partial charge is 0.507 e. The molecule has 3 aromatic carbocycles. The van der Waals surface area contributed by atoms with E-state index in [1.807, 2.05) is 57.2 Å². The number of halogens is 1. The van der Waals surface area contributed by atoms with E-state index < -0.39 is 17.7 Å². The molecule has 3 aromatic rings. The van der Waals surface area contributed by atoms with Crippen LogP contribution in [0.3, 0.4) is 0 Å². The summed E-state index contributed by atoms with van der Waals surface area (Å²) in [6, 6.07) is 17.6. The van der Waals surface area contributed by atoms with Crippen molar-refractivity contribution in [2.24, 2.45) is 0 Å². The summed E-state index contributed by atoms with van der Waals surface area (Å²) >= 11 is 6.32. The van der Waals surface area contributed by atoms with Gasteiger partial charge in [-0.2, -0.15) is 0 Å². The predicted octanol–water partition coefficient (Wildman–Crippen LogP) is 7.70. The second-order valence-electron chi connectivity index (χ2n) is 11.1. The number of ketones is 1. The maximum absolute atomic E-state index is 13.6. The van der Waals surface area contributed by atoms with Gasteiger partial charge in [-0.3, -0.25) is 14.5 Å². The number of anilines is 1. The molecule has 1 amide bonds. The van der Waals surface area contributed by atoms with Crippen LogP contribution >= 0.6 is 11.6 Å². The topological polar surface area (TPSA) is 66.8 Å². The first kappa shape index (κ1) is 27.5. The number of amides is 1. The molecule has 1 unspecified atom stereocenters. The summed E-state index contributed by atoms with van der Waals surface area (Å²) in [7, 11) is 1.60. The molecular formula is C32H34ClNO4. The molecule has 4 rings (SSSR count). The van der Waals surface area contributed by atoms with Gasteiger partial charge in [0.25, 0.3) is 11.7 Å². The van der Waals surface area contributed by atoms with Crippen molar-refractivity contribution in [2.45, 2.75) is 58.9 Å². The van der Waals surface area contributed by atoms with Crippen molar-refractivity contribution in [3.8, 4) is 5.75 Å². The van der Waals surface area contributed by atoms with E-state index in [1.165, 1.54) is 4.90 Å². The van der Waals surface area contributed by atoms with Crippen LogP contribution in [0.4, 0.5) is 5.69 Å². The molecule has 5 nitrogen and oxygen atoms in total. The molecule has 38 heavy (non-hydrogen) atoms. The summed E-state index contributed by atoms with van der Waals surface area (Å²) in [6.45, 7) is 12.3. The lowest BCUT2D eigenvalue weighted by Crippen LogP contribution is -2.30. The fraction of sp³-hybridized carbons (Fsp3) is 0.312. The molecule has 1 heterocycles. The standard InChI is InChI=1S/C32H34ClNO4/c1-18(2)24-16-21(11-15-26(24)38-7)29(35)27-28(20-9-12-22(13-10-20)32(4,5)6)34(31(37)30(27)36)25-17-23(33)14-8-19(25)3/h8-18,28,35H,1-7H3/b29-27-. The van der Waals surface area contributed by atoms with E-state index in [1.54, 1.807) is 31.4 Å². The van der Waals surface area contributed by atoms with E-state index >= 15 is 0 Å². The van der Waals surface area contributed by atoms with E-state index in [9.17, 15) is 14.7 Å². The maximum Gasteiger partial charge on any atom is 0.300 e. The summed E-state index contributed by atoms with van der Waals surface area (Å²) in [5, 5.41) is 12.0. The molecular weight excluding hydrogens is 498 g/mol. The van der Waals surface area contributed by atoms with E-state index in [0.29, 0.717) is 22.0 Å². The van der Waals surface area contributed by atoms with Crippen LogP contribution in [-0.4, -0.2) is 23.9 Å². The normalized spacial score (nSPS) is 17.4. The number of aliphatic hydroxyl groups is 1. The number of benzene rings is 3. The van der Waals surface area contributed by atoms with E-state index in [2.05, 4.69) is 20.8 Å². The maximum atomic E-state index is 13.6. The van der Waals surface area contributed by atoms with Gasteiger partial charge in [0.1, 0.15) is 11.5 Å². The number of nitrogens with zero attached hydrogens (tertiary/aromatic N) is 1. The molecule has 1 N–H and O–H groups in total. The predicted molar refractivity (Wildman–Crippen MR) is 153 cm³/mol. The van der Waals surface area contributed by atoms with Crippen molar-refractivity contribution < 1.29 is 19.4 Å². The zero-order valence-electron chi connectivity index (χ0n) is 22.9. The fourth-order valence-corrected chi connectivity index (χ4v) is 5.06. The first-order valence-electron chi connectivity index (χ1n) is 12.7. The molecule has 0 saturated carbocycles. The number of aryl methyl sites for hydroxylation is 1. The SMILES string of the molecule is COc1ccc(/C(O)=C2/C(=O)C(=O)N(c3cc(Cl)ccc3C)C2c2ccc(C(C)(C)C)cc2)cc1C(C)C. The summed E-state index contributed by atoms with van der Waals surface area (Å²) in [4.78, 5) is 28.6. The van der Waals surface area contributed by atoms with Crippen LogP contribution in [0.2, 0.25) is 5.02 Å². The number of rotatable bonds is 5. The van der Waals surface area contributed by atoms with Crippen LogP contribution < -0.4 is 9.64 Å². The summed E-state index contributed by atoms with van der Waals surface area (Å²) in [5.74, 6) is -0.857. The molecule has 1 saturated heterocycles. The molecule has 0 bridgehead atoms. The van der Waals surface area contributed by atoms with Crippen molar-refractivity contribution >= 4 is 34.7 Å². The molecule has 6 heteroatoms. The molecule has 198 valence electrons. The van der Waals surface area contributed by atoms with Gasteiger partial charge in [-0.05, 0) is 70.8 Å². The Hall–Kier alpha value is -3.57. The van der Waals surface area contributed by atoms with Crippen molar-refractivity contribution in [3.05, 3.63) is 99.1 Å². The molecule has 1 atom stereocenters. The van der Waals surface area contributed by atoms with Crippen LogP contribution in [0.5, 0.6) is 5.75 Å². The first-order valence-corrected chi connectivity index (χ1v) is 13.1. The van der Waals surface area contributed by atoms with Crippen molar-refractivity contribution in [3.63, 3.8) is 0 Å². The van der Waals surface area contributed by atoms with Gasteiger partial charge in [-0.25, -0.2) is 0 Å².